The SMILES string of the molecule is CCC(NC(=O)Cc1csc(-c2cccs2)n1)c1ccc(Br)cc1. The van der Waals surface area contributed by atoms with Gasteiger partial charge in [0.1, 0.15) is 5.01 Å². The van der Waals surface area contributed by atoms with Crippen LogP contribution in [0.4, 0.5) is 0 Å². The molecule has 2 aromatic heterocycles. The van der Waals surface area contributed by atoms with Crippen LogP contribution in [0.3, 0.4) is 0 Å². The van der Waals surface area contributed by atoms with Gasteiger partial charge in [-0.3, -0.25) is 4.79 Å². The van der Waals surface area contributed by atoms with Gasteiger partial charge in [0.15, 0.2) is 0 Å². The standard InChI is InChI=1S/C18H17BrN2OS2/c1-2-15(12-5-7-13(19)8-6-12)21-17(22)10-14-11-24-18(20-14)16-4-3-9-23-16/h3-9,11,15H,2,10H2,1H3,(H,21,22). The highest BCUT2D eigenvalue weighted by Gasteiger charge is 2.15. The van der Waals surface area contributed by atoms with Crippen molar-refractivity contribution in [1.29, 1.82) is 0 Å². The van der Waals surface area contributed by atoms with E-state index in [9.17, 15) is 4.79 Å². The fourth-order valence-corrected chi connectivity index (χ4v) is 4.33. The normalized spacial score (nSPS) is 12.1. The van der Waals surface area contributed by atoms with Crippen LogP contribution in [0.2, 0.25) is 0 Å². The summed E-state index contributed by atoms with van der Waals surface area (Å²) in [4.78, 5) is 18.1. The van der Waals surface area contributed by atoms with Crippen molar-refractivity contribution in [2.45, 2.75) is 25.8 Å². The molecule has 2 heterocycles. The predicted octanol–water partition coefficient (Wildman–Crippen LogP) is 5.44. The Morgan fingerprint density at radius 1 is 1.25 bits per heavy atom. The van der Waals surface area contributed by atoms with Crippen LogP contribution in [0.25, 0.3) is 9.88 Å². The average Bonchev–Trinajstić information content (AvgIpc) is 3.24. The molecule has 124 valence electrons. The van der Waals surface area contributed by atoms with Crippen LogP contribution in [-0.4, -0.2) is 10.9 Å². The van der Waals surface area contributed by atoms with Crippen molar-refractivity contribution < 1.29 is 4.79 Å². The van der Waals surface area contributed by atoms with Crippen molar-refractivity contribution >= 4 is 44.5 Å². The summed E-state index contributed by atoms with van der Waals surface area (Å²) >= 11 is 6.69. The second kappa shape index (κ2) is 8.05. The van der Waals surface area contributed by atoms with Crippen molar-refractivity contribution in [1.82, 2.24) is 10.3 Å². The van der Waals surface area contributed by atoms with E-state index >= 15 is 0 Å². The molecule has 3 nitrogen and oxygen atoms in total. The van der Waals surface area contributed by atoms with E-state index in [0.29, 0.717) is 6.42 Å². The van der Waals surface area contributed by atoms with E-state index in [2.05, 4.69) is 33.2 Å². The van der Waals surface area contributed by atoms with Gasteiger partial charge in [0.2, 0.25) is 5.91 Å². The number of carbonyl (C=O) groups is 1. The molecule has 0 radical (unpaired) electrons. The van der Waals surface area contributed by atoms with Gasteiger partial charge in [-0.15, -0.1) is 22.7 Å². The Kier molecular flexibility index (Phi) is 5.81. The summed E-state index contributed by atoms with van der Waals surface area (Å²) in [5.41, 5.74) is 1.94. The summed E-state index contributed by atoms with van der Waals surface area (Å²) in [5.74, 6) is 0.00722. The quantitative estimate of drug-likeness (QED) is 0.576. The third-order valence-corrected chi connectivity index (χ3v) is 6.10. The molecule has 0 bridgehead atoms. The first-order chi connectivity index (χ1) is 11.7. The molecule has 1 aromatic carbocycles. The van der Waals surface area contributed by atoms with Gasteiger partial charge < -0.3 is 5.32 Å². The highest BCUT2D eigenvalue weighted by Crippen LogP contribution is 2.28. The molecule has 1 atom stereocenters. The lowest BCUT2D eigenvalue weighted by atomic mass is 10.0. The molecule has 0 aliphatic heterocycles. The summed E-state index contributed by atoms with van der Waals surface area (Å²) in [6.07, 6.45) is 1.17. The number of carbonyl (C=O) groups excluding carboxylic acids is 1. The third kappa shape index (κ3) is 4.32. The van der Waals surface area contributed by atoms with Crippen LogP contribution in [-0.2, 0) is 11.2 Å². The van der Waals surface area contributed by atoms with E-state index < -0.39 is 0 Å². The monoisotopic (exact) mass is 420 g/mol. The van der Waals surface area contributed by atoms with Crippen LogP contribution in [0.15, 0.2) is 51.6 Å². The van der Waals surface area contributed by atoms with Gasteiger partial charge in [-0.2, -0.15) is 0 Å². The van der Waals surface area contributed by atoms with Crippen LogP contribution >= 0.6 is 38.6 Å². The smallest absolute Gasteiger partial charge is 0.226 e. The number of benzene rings is 1. The number of amides is 1. The summed E-state index contributed by atoms with van der Waals surface area (Å²) in [6.45, 7) is 2.07. The number of halogens is 1. The Morgan fingerprint density at radius 2 is 2.04 bits per heavy atom. The zero-order valence-corrected chi connectivity index (χ0v) is 16.4. The second-order valence-electron chi connectivity index (χ2n) is 5.38. The lowest BCUT2D eigenvalue weighted by molar-refractivity contribution is -0.121. The van der Waals surface area contributed by atoms with Gasteiger partial charge in [0, 0.05) is 9.85 Å². The topological polar surface area (TPSA) is 42.0 Å². The molecule has 3 rings (SSSR count). The fraction of sp³-hybridized carbons (Fsp3) is 0.222. The third-order valence-electron chi connectivity index (χ3n) is 3.64. The van der Waals surface area contributed by atoms with Gasteiger partial charge in [-0.25, -0.2) is 4.98 Å². The Morgan fingerprint density at radius 3 is 2.71 bits per heavy atom. The van der Waals surface area contributed by atoms with Crippen LogP contribution < -0.4 is 5.32 Å². The summed E-state index contributed by atoms with van der Waals surface area (Å²) in [6, 6.07) is 12.2. The molecular formula is C18H17BrN2OS2. The molecule has 1 N–H and O–H groups in total. The molecule has 24 heavy (non-hydrogen) atoms. The Balaban J connectivity index is 1.63. The molecular weight excluding hydrogens is 404 g/mol. The minimum Gasteiger partial charge on any atom is -0.349 e. The predicted molar refractivity (Wildman–Crippen MR) is 104 cm³/mol. The first kappa shape index (κ1) is 17.3. The van der Waals surface area contributed by atoms with E-state index in [4.69, 9.17) is 0 Å². The molecule has 1 amide bonds. The second-order valence-corrected chi connectivity index (χ2v) is 8.10. The lowest BCUT2D eigenvalue weighted by Gasteiger charge is -2.17. The molecule has 0 aliphatic rings. The van der Waals surface area contributed by atoms with E-state index in [1.54, 1.807) is 22.7 Å². The molecule has 0 aliphatic carbocycles. The molecule has 0 saturated carbocycles. The van der Waals surface area contributed by atoms with Crippen molar-refractivity contribution in [3.8, 4) is 9.88 Å². The number of thiophene rings is 1. The van der Waals surface area contributed by atoms with Crippen molar-refractivity contribution in [2.24, 2.45) is 0 Å². The molecule has 3 aromatic rings. The van der Waals surface area contributed by atoms with E-state index in [0.717, 1.165) is 32.0 Å². The van der Waals surface area contributed by atoms with Crippen LogP contribution in [0.1, 0.15) is 30.6 Å². The average molecular weight is 421 g/mol. The van der Waals surface area contributed by atoms with E-state index in [1.807, 2.05) is 47.2 Å². The Bertz CT molecular complexity index is 797. The Hall–Kier alpha value is -1.50. The number of rotatable bonds is 6. The van der Waals surface area contributed by atoms with Crippen LogP contribution in [0.5, 0.6) is 0 Å². The van der Waals surface area contributed by atoms with Gasteiger partial charge in [-0.1, -0.05) is 41.1 Å². The molecule has 0 saturated heterocycles. The maximum atomic E-state index is 12.4. The van der Waals surface area contributed by atoms with Crippen molar-refractivity contribution in [3.05, 3.63) is 62.9 Å². The number of nitrogens with zero attached hydrogens (tertiary/aromatic N) is 1. The van der Waals surface area contributed by atoms with Crippen LogP contribution in [0, 0.1) is 0 Å². The van der Waals surface area contributed by atoms with Gasteiger partial charge in [0.25, 0.3) is 0 Å². The number of nitrogens with one attached hydrogen (secondary N) is 1. The maximum absolute atomic E-state index is 12.4. The van der Waals surface area contributed by atoms with Gasteiger partial charge >= 0.3 is 0 Å². The molecule has 6 heteroatoms. The summed E-state index contributed by atoms with van der Waals surface area (Å²) in [5, 5.41) is 8.09. The van der Waals surface area contributed by atoms with Gasteiger partial charge in [0.05, 0.1) is 23.0 Å². The highest BCUT2D eigenvalue weighted by atomic mass is 79.9. The molecule has 0 spiro atoms. The van der Waals surface area contributed by atoms with E-state index in [-0.39, 0.29) is 11.9 Å². The zero-order valence-electron chi connectivity index (χ0n) is 13.2. The van der Waals surface area contributed by atoms with Crippen molar-refractivity contribution in [3.63, 3.8) is 0 Å². The number of thiazole rings is 1. The van der Waals surface area contributed by atoms with E-state index in [1.165, 1.54) is 0 Å². The fourth-order valence-electron chi connectivity index (χ4n) is 2.43. The largest absolute Gasteiger partial charge is 0.349 e. The first-order valence-corrected chi connectivity index (χ1v) is 10.2. The van der Waals surface area contributed by atoms with Crippen molar-refractivity contribution in [2.75, 3.05) is 0 Å². The first-order valence-electron chi connectivity index (χ1n) is 7.69. The summed E-state index contributed by atoms with van der Waals surface area (Å²) < 4.78 is 1.04. The number of hydrogen-bond acceptors (Lipinski definition) is 4. The highest BCUT2D eigenvalue weighted by molar-refractivity contribution is 9.10. The lowest BCUT2D eigenvalue weighted by Crippen LogP contribution is -2.29. The summed E-state index contributed by atoms with van der Waals surface area (Å²) in [7, 11) is 0. The van der Waals surface area contributed by atoms with Gasteiger partial charge in [-0.05, 0) is 35.6 Å². The number of hydrogen-bond donors (Lipinski definition) is 1. The zero-order chi connectivity index (χ0) is 16.9. The minimum absolute atomic E-state index is 0.00722. The minimum atomic E-state index is 0.00722. The molecule has 1 unspecified atom stereocenters. The maximum Gasteiger partial charge on any atom is 0.226 e. The number of aromatic nitrogens is 1. The Labute approximate surface area is 157 Å². The molecule has 0 fully saturated rings.